The van der Waals surface area contributed by atoms with Crippen LogP contribution in [0.5, 0.6) is 11.5 Å². The highest BCUT2D eigenvalue weighted by Crippen LogP contribution is 2.43. The Hall–Kier alpha value is -1.48. The lowest BCUT2D eigenvalue weighted by Crippen LogP contribution is -2.55. The molecule has 0 spiro atoms. The first kappa shape index (κ1) is 17.9. The number of benzene rings is 2. The van der Waals surface area contributed by atoms with Crippen molar-refractivity contribution in [1.82, 2.24) is 0 Å². The van der Waals surface area contributed by atoms with Crippen molar-refractivity contribution < 1.29 is 9.84 Å². The molecule has 0 aliphatic heterocycles. The summed E-state index contributed by atoms with van der Waals surface area (Å²) in [4.78, 5) is 0. The van der Waals surface area contributed by atoms with Crippen molar-refractivity contribution in [2.24, 2.45) is 0 Å². The first-order valence-corrected chi connectivity index (χ1v) is 10.8. The van der Waals surface area contributed by atoms with Gasteiger partial charge in [0.2, 0.25) is 0 Å². The van der Waals surface area contributed by atoms with Gasteiger partial charge in [-0.2, -0.15) is 0 Å². The van der Waals surface area contributed by atoms with Crippen LogP contribution in [0.4, 0.5) is 0 Å². The molecule has 0 bridgehead atoms. The quantitative estimate of drug-likeness (QED) is 0.740. The fraction of sp³-hybridized carbons (Fsp3) is 0.500. The lowest BCUT2D eigenvalue weighted by Gasteiger charge is -2.44. The Labute approximate surface area is 141 Å². The minimum atomic E-state index is -1.88. The molecule has 0 aromatic heterocycles. The molecule has 126 valence electrons. The van der Waals surface area contributed by atoms with E-state index in [1.807, 2.05) is 18.2 Å². The smallest absolute Gasteiger partial charge is 0.119 e. The number of phenolic OH excluding ortho intramolecular Hbond substituents is 1. The van der Waals surface area contributed by atoms with E-state index in [4.69, 9.17) is 4.74 Å². The van der Waals surface area contributed by atoms with Gasteiger partial charge in [-0.25, -0.2) is 0 Å². The number of hydrogen-bond acceptors (Lipinski definition) is 2. The maximum absolute atomic E-state index is 10.8. The molecule has 0 unspecified atom stereocenters. The first-order chi connectivity index (χ1) is 10.7. The van der Waals surface area contributed by atoms with Crippen molar-refractivity contribution in [2.45, 2.75) is 58.2 Å². The Morgan fingerprint density at radius 2 is 1.39 bits per heavy atom. The molecule has 2 rings (SSSR count). The average molecular weight is 331 g/mol. The van der Waals surface area contributed by atoms with Crippen molar-refractivity contribution >= 4 is 24.0 Å². The van der Waals surface area contributed by atoms with Crippen molar-refractivity contribution in [3.63, 3.8) is 0 Å². The van der Waals surface area contributed by atoms with Gasteiger partial charge in [-0.1, -0.05) is 53.7 Å². The monoisotopic (exact) mass is 330 g/mol. The van der Waals surface area contributed by atoms with Crippen LogP contribution >= 0.6 is 0 Å². The van der Waals surface area contributed by atoms with Gasteiger partial charge in [0.1, 0.15) is 11.5 Å². The van der Waals surface area contributed by atoms with Crippen LogP contribution in [-0.4, -0.2) is 20.3 Å². The SMILES string of the molecule is COc1ccc2cc(O)c([Si](C(C)C)(C(C)C)C(C)C)cc2c1. The van der Waals surface area contributed by atoms with Crippen LogP contribution < -0.4 is 9.92 Å². The number of hydrogen-bond donors (Lipinski definition) is 1. The summed E-state index contributed by atoms with van der Waals surface area (Å²) in [6.07, 6.45) is 0. The van der Waals surface area contributed by atoms with Crippen LogP contribution in [-0.2, 0) is 0 Å². The zero-order valence-corrected chi connectivity index (χ0v) is 16.5. The highest BCUT2D eigenvalue weighted by molar-refractivity contribution is 6.95. The summed E-state index contributed by atoms with van der Waals surface area (Å²) in [5, 5.41) is 14.2. The highest BCUT2D eigenvalue weighted by Gasteiger charge is 2.45. The van der Waals surface area contributed by atoms with Gasteiger partial charge >= 0.3 is 0 Å². The summed E-state index contributed by atoms with van der Waals surface area (Å²) >= 11 is 0. The molecular weight excluding hydrogens is 300 g/mol. The normalized spacial score (nSPS) is 12.6. The average Bonchev–Trinajstić information content (AvgIpc) is 2.46. The van der Waals surface area contributed by atoms with Crippen molar-refractivity contribution in [1.29, 1.82) is 0 Å². The van der Waals surface area contributed by atoms with Crippen molar-refractivity contribution in [3.05, 3.63) is 30.3 Å². The predicted molar refractivity (Wildman–Crippen MR) is 103 cm³/mol. The summed E-state index contributed by atoms with van der Waals surface area (Å²) < 4.78 is 5.37. The van der Waals surface area contributed by atoms with Crippen LogP contribution in [0.15, 0.2) is 30.3 Å². The molecule has 0 saturated carbocycles. The van der Waals surface area contributed by atoms with Gasteiger partial charge in [0.15, 0.2) is 0 Å². The van der Waals surface area contributed by atoms with Crippen LogP contribution in [0.2, 0.25) is 16.6 Å². The summed E-state index contributed by atoms with van der Waals surface area (Å²) in [6.45, 7) is 13.9. The predicted octanol–water partition coefficient (Wildman–Crippen LogP) is 5.44. The maximum Gasteiger partial charge on any atom is 0.119 e. The van der Waals surface area contributed by atoms with E-state index in [2.05, 4.69) is 53.7 Å². The van der Waals surface area contributed by atoms with E-state index in [9.17, 15) is 5.11 Å². The van der Waals surface area contributed by atoms with Gasteiger partial charge in [-0.15, -0.1) is 0 Å². The molecule has 0 fully saturated rings. The minimum Gasteiger partial charge on any atom is -0.508 e. The maximum atomic E-state index is 10.8. The van der Waals surface area contributed by atoms with Gasteiger partial charge in [0.25, 0.3) is 0 Å². The number of aromatic hydroxyl groups is 1. The van der Waals surface area contributed by atoms with Gasteiger partial charge in [0, 0.05) is 0 Å². The largest absolute Gasteiger partial charge is 0.508 e. The third kappa shape index (κ3) is 2.87. The summed E-state index contributed by atoms with van der Waals surface area (Å²) in [5.41, 5.74) is 1.70. The van der Waals surface area contributed by atoms with E-state index in [1.54, 1.807) is 7.11 Å². The Balaban J connectivity index is 2.79. The molecule has 23 heavy (non-hydrogen) atoms. The molecule has 3 heteroatoms. The molecule has 0 aliphatic carbocycles. The molecule has 2 aromatic carbocycles. The number of phenols is 1. The third-order valence-corrected chi connectivity index (χ3v) is 12.6. The number of rotatable bonds is 5. The lowest BCUT2D eigenvalue weighted by molar-refractivity contribution is 0.415. The molecule has 2 aromatic rings. The second kappa shape index (κ2) is 6.56. The topological polar surface area (TPSA) is 29.5 Å². The summed E-state index contributed by atoms with van der Waals surface area (Å²) in [6, 6.07) is 10.2. The Morgan fingerprint density at radius 3 is 1.87 bits per heavy atom. The van der Waals surface area contributed by atoms with Crippen molar-refractivity contribution in [3.8, 4) is 11.5 Å². The molecule has 1 N–H and O–H groups in total. The molecule has 0 heterocycles. The zero-order valence-electron chi connectivity index (χ0n) is 15.5. The Bertz CT molecular complexity index is 668. The number of methoxy groups -OCH3 is 1. The molecular formula is C20H30O2Si. The van der Waals surface area contributed by atoms with E-state index >= 15 is 0 Å². The third-order valence-electron chi connectivity index (χ3n) is 5.49. The fourth-order valence-corrected chi connectivity index (χ4v) is 11.5. The van der Waals surface area contributed by atoms with Crippen molar-refractivity contribution in [2.75, 3.05) is 7.11 Å². The molecule has 0 amide bonds. The van der Waals surface area contributed by atoms with Gasteiger partial charge in [0.05, 0.1) is 15.2 Å². The summed E-state index contributed by atoms with van der Waals surface area (Å²) in [5.74, 6) is 1.32. The highest BCUT2D eigenvalue weighted by atomic mass is 28.3. The second-order valence-corrected chi connectivity index (χ2v) is 13.3. The van der Waals surface area contributed by atoms with E-state index < -0.39 is 8.07 Å². The Kier molecular flexibility index (Phi) is 5.09. The van der Waals surface area contributed by atoms with Gasteiger partial charge < -0.3 is 9.84 Å². The summed E-state index contributed by atoms with van der Waals surface area (Å²) in [7, 11) is -0.192. The second-order valence-electron chi connectivity index (χ2n) is 7.48. The molecule has 2 nitrogen and oxygen atoms in total. The van der Waals surface area contributed by atoms with E-state index in [1.165, 1.54) is 5.19 Å². The van der Waals surface area contributed by atoms with Crippen LogP contribution in [0.1, 0.15) is 41.5 Å². The Morgan fingerprint density at radius 1 is 0.826 bits per heavy atom. The standard InChI is InChI=1S/C20H30O2Si/c1-13(2)23(14(3)4,15(5)6)20-12-17-10-18(22-7)9-8-16(17)11-19(20)21/h8-15,21H,1-7H3. The molecule has 0 atom stereocenters. The number of ether oxygens (including phenoxy) is 1. The molecule has 0 saturated heterocycles. The first-order valence-electron chi connectivity index (χ1n) is 8.56. The van der Waals surface area contributed by atoms with Gasteiger partial charge in [-0.05, 0) is 50.8 Å². The van der Waals surface area contributed by atoms with E-state index in [0.29, 0.717) is 22.4 Å². The minimum absolute atomic E-state index is 0.463. The fourth-order valence-electron chi connectivity index (χ4n) is 4.67. The number of fused-ring (bicyclic) bond motifs is 1. The lowest BCUT2D eigenvalue weighted by atomic mass is 10.1. The van der Waals surface area contributed by atoms with Crippen LogP contribution in [0.25, 0.3) is 10.8 Å². The van der Waals surface area contributed by atoms with E-state index in [-0.39, 0.29) is 0 Å². The van der Waals surface area contributed by atoms with Gasteiger partial charge in [-0.3, -0.25) is 0 Å². The zero-order chi connectivity index (χ0) is 17.4. The van der Waals surface area contributed by atoms with Crippen LogP contribution in [0.3, 0.4) is 0 Å². The van der Waals surface area contributed by atoms with Crippen LogP contribution in [0, 0.1) is 0 Å². The van der Waals surface area contributed by atoms with E-state index in [0.717, 1.165) is 16.5 Å². The molecule has 0 aliphatic rings. The molecule has 0 radical (unpaired) electrons.